The Labute approximate surface area is 117 Å². The lowest BCUT2D eigenvalue weighted by atomic mass is 10.2. The van der Waals surface area contributed by atoms with Crippen molar-refractivity contribution in [1.29, 1.82) is 0 Å². The summed E-state index contributed by atoms with van der Waals surface area (Å²) < 4.78 is 5.42. The van der Waals surface area contributed by atoms with E-state index in [2.05, 4.69) is 9.88 Å². The zero-order valence-corrected chi connectivity index (χ0v) is 11.3. The predicted octanol–water partition coefficient (Wildman–Crippen LogP) is 2.96. The Morgan fingerprint density at radius 1 is 1.47 bits per heavy atom. The minimum absolute atomic E-state index is 0.453. The molecule has 1 saturated carbocycles. The molecule has 2 N–H and O–H groups in total. The zero-order chi connectivity index (χ0) is 13.2. The summed E-state index contributed by atoms with van der Waals surface area (Å²) in [6.45, 7) is 1.15. The van der Waals surface area contributed by atoms with E-state index in [0.29, 0.717) is 24.2 Å². The van der Waals surface area contributed by atoms with Crippen molar-refractivity contribution in [2.45, 2.75) is 32.0 Å². The zero-order valence-electron chi connectivity index (χ0n) is 10.6. The van der Waals surface area contributed by atoms with Crippen LogP contribution >= 0.6 is 11.6 Å². The first-order valence-corrected chi connectivity index (χ1v) is 6.79. The Morgan fingerprint density at radius 2 is 2.32 bits per heavy atom. The van der Waals surface area contributed by atoms with E-state index in [1.807, 2.05) is 18.2 Å². The van der Waals surface area contributed by atoms with E-state index in [9.17, 15) is 0 Å². The van der Waals surface area contributed by atoms with Crippen LogP contribution in [0, 0.1) is 0 Å². The molecule has 0 saturated heterocycles. The van der Waals surface area contributed by atoms with Gasteiger partial charge < -0.3 is 15.1 Å². The first-order chi connectivity index (χ1) is 9.28. The summed E-state index contributed by atoms with van der Waals surface area (Å²) in [6.07, 6.45) is 5.83. The number of rotatable bonds is 5. The second-order valence-corrected chi connectivity index (χ2v) is 5.20. The van der Waals surface area contributed by atoms with Crippen LogP contribution < -0.4 is 10.6 Å². The van der Waals surface area contributed by atoms with Gasteiger partial charge in [0.25, 0.3) is 0 Å². The Morgan fingerprint density at radius 3 is 2.89 bits per heavy atom. The third-order valence-corrected chi connectivity index (χ3v) is 3.56. The third-order valence-electron chi connectivity index (χ3n) is 3.28. The van der Waals surface area contributed by atoms with E-state index in [1.165, 1.54) is 12.8 Å². The molecule has 5 heteroatoms. The number of halogens is 1. The fourth-order valence-corrected chi connectivity index (χ4v) is 2.42. The predicted molar refractivity (Wildman–Crippen MR) is 75.1 cm³/mol. The van der Waals surface area contributed by atoms with Crippen LogP contribution in [0.15, 0.2) is 35.1 Å². The van der Waals surface area contributed by atoms with Crippen molar-refractivity contribution in [3.63, 3.8) is 0 Å². The molecule has 0 spiro atoms. The number of nitrogens with two attached hydrogens (primary N) is 1. The minimum atomic E-state index is 0.453. The standard InChI is InChI=1S/C14H16ClN3O/c15-13-6-10(7-16)8-17-14(13)18(11-3-4-11)9-12-2-1-5-19-12/h1-2,5-6,8,11H,3-4,7,9,16H2. The average Bonchev–Trinajstić information content (AvgIpc) is 3.14. The summed E-state index contributed by atoms with van der Waals surface area (Å²) in [5, 5.41) is 0.654. The maximum absolute atomic E-state index is 6.32. The number of pyridine rings is 1. The summed E-state index contributed by atoms with van der Waals surface area (Å²) in [4.78, 5) is 6.67. The monoisotopic (exact) mass is 277 g/mol. The number of nitrogens with zero attached hydrogens (tertiary/aromatic N) is 2. The molecule has 1 aliphatic carbocycles. The highest BCUT2D eigenvalue weighted by Gasteiger charge is 2.31. The van der Waals surface area contributed by atoms with Crippen molar-refractivity contribution in [3.05, 3.63) is 47.0 Å². The molecule has 2 aromatic heterocycles. The van der Waals surface area contributed by atoms with Crippen molar-refractivity contribution in [2.24, 2.45) is 5.73 Å². The first kappa shape index (κ1) is 12.5. The number of hydrogen-bond donors (Lipinski definition) is 1. The quantitative estimate of drug-likeness (QED) is 0.913. The lowest BCUT2D eigenvalue weighted by molar-refractivity contribution is 0.500. The molecule has 19 heavy (non-hydrogen) atoms. The lowest BCUT2D eigenvalue weighted by Gasteiger charge is -2.23. The van der Waals surface area contributed by atoms with Gasteiger partial charge in [-0.25, -0.2) is 4.98 Å². The molecular weight excluding hydrogens is 262 g/mol. The SMILES string of the molecule is NCc1cnc(N(Cc2ccco2)C2CC2)c(Cl)c1. The highest BCUT2D eigenvalue weighted by atomic mass is 35.5. The van der Waals surface area contributed by atoms with Crippen LogP contribution in [0.3, 0.4) is 0 Å². The Bertz CT molecular complexity index is 552. The first-order valence-electron chi connectivity index (χ1n) is 6.41. The van der Waals surface area contributed by atoms with Gasteiger partial charge in [-0.2, -0.15) is 0 Å². The molecule has 1 aliphatic rings. The van der Waals surface area contributed by atoms with Crippen LogP contribution in [0.2, 0.25) is 5.02 Å². The van der Waals surface area contributed by atoms with E-state index in [4.69, 9.17) is 21.8 Å². The van der Waals surface area contributed by atoms with Crippen molar-refractivity contribution < 1.29 is 4.42 Å². The van der Waals surface area contributed by atoms with Crippen LogP contribution in [-0.2, 0) is 13.1 Å². The van der Waals surface area contributed by atoms with Gasteiger partial charge in [0.2, 0.25) is 0 Å². The van der Waals surface area contributed by atoms with E-state index >= 15 is 0 Å². The minimum Gasteiger partial charge on any atom is -0.467 e. The van der Waals surface area contributed by atoms with E-state index in [0.717, 1.165) is 17.1 Å². The van der Waals surface area contributed by atoms with Crippen molar-refractivity contribution in [3.8, 4) is 0 Å². The maximum Gasteiger partial charge on any atom is 0.148 e. The fourth-order valence-electron chi connectivity index (χ4n) is 2.13. The highest BCUT2D eigenvalue weighted by Crippen LogP contribution is 2.35. The van der Waals surface area contributed by atoms with Crippen LogP contribution in [-0.4, -0.2) is 11.0 Å². The van der Waals surface area contributed by atoms with Crippen LogP contribution in [0.1, 0.15) is 24.2 Å². The van der Waals surface area contributed by atoms with Gasteiger partial charge in [0, 0.05) is 18.8 Å². The average molecular weight is 278 g/mol. The van der Waals surface area contributed by atoms with Crippen molar-refractivity contribution in [1.82, 2.24) is 4.98 Å². The molecule has 3 rings (SSSR count). The van der Waals surface area contributed by atoms with E-state index in [-0.39, 0.29) is 0 Å². The molecule has 2 heterocycles. The molecule has 0 amide bonds. The van der Waals surface area contributed by atoms with Crippen LogP contribution in [0.5, 0.6) is 0 Å². The third kappa shape index (κ3) is 2.74. The second-order valence-electron chi connectivity index (χ2n) is 4.79. The topological polar surface area (TPSA) is 55.3 Å². The summed E-state index contributed by atoms with van der Waals surface area (Å²) in [7, 11) is 0. The lowest BCUT2D eigenvalue weighted by Crippen LogP contribution is -2.26. The van der Waals surface area contributed by atoms with E-state index in [1.54, 1.807) is 12.5 Å². The molecule has 1 fully saturated rings. The van der Waals surface area contributed by atoms with E-state index < -0.39 is 0 Å². The maximum atomic E-state index is 6.32. The Hall–Kier alpha value is -1.52. The van der Waals surface area contributed by atoms with Gasteiger partial charge in [0.05, 0.1) is 17.8 Å². The Balaban J connectivity index is 1.87. The van der Waals surface area contributed by atoms with Crippen LogP contribution in [0.25, 0.3) is 0 Å². The smallest absolute Gasteiger partial charge is 0.148 e. The second kappa shape index (κ2) is 5.23. The van der Waals surface area contributed by atoms with Gasteiger partial charge >= 0.3 is 0 Å². The molecule has 0 atom stereocenters. The molecule has 0 bridgehead atoms. The van der Waals surface area contributed by atoms with Gasteiger partial charge in [-0.3, -0.25) is 0 Å². The summed E-state index contributed by atoms with van der Waals surface area (Å²) in [6, 6.07) is 6.27. The molecule has 4 nitrogen and oxygen atoms in total. The number of anilines is 1. The number of aromatic nitrogens is 1. The van der Waals surface area contributed by atoms with Gasteiger partial charge in [-0.1, -0.05) is 11.6 Å². The summed E-state index contributed by atoms with van der Waals surface area (Å²) in [5.74, 6) is 1.74. The molecule has 2 aromatic rings. The van der Waals surface area contributed by atoms with Crippen LogP contribution in [0.4, 0.5) is 5.82 Å². The largest absolute Gasteiger partial charge is 0.467 e. The normalized spacial score (nSPS) is 14.6. The summed E-state index contributed by atoms with van der Waals surface area (Å²) in [5.41, 5.74) is 6.55. The number of furan rings is 1. The molecule has 0 aliphatic heterocycles. The molecule has 100 valence electrons. The van der Waals surface area contributed by atoms with Crippen molar-refractivity contribution >= 4 is 17.4 Å². The van der Waals surface area contributed by atoms with Gasteiger partial charge in [0.1, 0.15) is 11.6 Å². The molecule has 0 unspecified atom stereocenters. The molecular formula is C14H16ClN3O. The van der Waals surface area contributed by atoms with Crippen molar-refractivity contribution in [2.75, 3.05) is 4.90 Å². The van der Waals surface area contributed by atoms with Gasteiger partial charge in [-0.15, -0.1) is 0 Å². The van der Waals surface area contributed by atoms with Gasteiger partial charge in [-0.05, 0) is 36.6 Å². The molecule has 0 aromatic carbocycles. The van der Waals surface area contributed by atoms with Gasteiger partial charge in [0.15, 0.2) is 0 Å². The fraction of sp³-hybridized carbons (Fsp3) is 0.357. The summed E-state index contributed by atoms with van der Waals surface area (Å²) >= 11 is 6.32. The number of hydrogen-bond acceptors (Lipinski definition) is 4. The Kier molecular flexibility index (Phi) is 3.44. The highest BCUT2D eigenvalue weighted by molar-refractivity contribution is 6.33. The molecule has 0 radical (unpaired) electrons.